The molecule has 0 amide bonds. The van der Waals surface area contributed by atoms with Crippen LogP contribution >= 0.6 is 0 Å². The Kier molecular flexibility index (Phi) is 7.14. The van der Waals surface area contributed by atoms with Crippen molar-refractivity contribution in [2.45, 2.75) is 51.1 Å². The van der Waals surface area contributed by atoms with Gasteiger partial charge in [-0.05, 0) is 31.0 Å². The number of halogens is 2. The Bertz CT molecular complexity index is 1170. The van der Waals surface area contributed by atoms with Gasteiger partial charge >= 0.3 is 6.61 Å². The number of imidazole rings is 1. The Balaban J connectivity index is 1.41. The number of aliphatic hydroxyl groups is 2. The number of rotatable bonds is 9. The van der Waals surface area contributed by atoms with E-state index in [9.17, 15) is 19.0 Å². The molecular weight excluding hydrogens is 480 g/mol. The van der Waals surface area contributed by atoms with Gasteiger partial charge in [-0.3, -0.25) is 4.57 Å². The van der Waals surface area contributed by atoms with Gasteiger partial charge in [-0.25, -0.2) is 9.97 Å². The van der Waals surface area contributed by atoms with E-state index in [2.05, 4.69) is 25.0 Å². The number of hydrogen-bond donors (Lipinski definition) is 3. The first kappa shape index (κ1) is 24.6. The first-order valence-electron chi connectivity index (χ1n) is 11.6. The van der Waals surface area contributed by atoms with Crippen molar-refractivity contribution in [2.24, 2.45) is 5.92 Å². The highest BCUT2D eigenvalue weighted by molar-refractivity contribution is 5.79. The number of anilines is 1. The molecule has 0 radical (unpaired) electrons. The van der Waals surface area contributed by atoms with Gasteiger partial charge in [0.1, 0.15) is 30.9 Å². The van der Waals surface area contributed by atoms with Gasteiger partial charge < -0.3 is 34.5 Å². The van der Waals surface area contributed by atoms with Crippen LogP contribution in [0.4, 0.5) is 14.7 Å². The van der Waals surface area contributed by atoms with Crippen molar-refractivity contribution in [3.63, 3.8) is 0 Å². The lowest BCUT2D eigenvalue weighted by Crippen LogP contribution is -2.31. The molecule has 2 aromatic heterocycles. The largest absolute Gasteiger partial charge is 0.471 e. The van der Waals surface area contributed by atoms with E-state index in [0.29, 0.717) is 48.4 Å². The Labute approximate surface area is 205 Å². The zero-order valence-corrected chi connectivity index (χ0v) is 19.5. The number of aromatic nitrogens is 4. The lowest BCUT2D eigenvalue weighted by Gasteiger charge is -2.20. The second-order valence-electron chi connectivity index (χ2n) is 8.79. The molecule has 194 valence electrons. The highest BCUT2D eigenvalue weighted by Gasteiger charge is 2.43. The highest BCUT2D eigenvalue weighted by atomic mass is 19.3. The van der Waals surface area contributed by atoms with Crippen LogP contribution in [0.15, 0.2) is 30.6 Å². The molecule has 36 heavy (non-hydrogen) atoms. The fourth-order valence-electron chi connectivity index (χ4n) is 4.30. The van der Waals surface area contributed by atoms with Crippen LogP contribution in [-0.2, 0) is 16.1 Å². The van der Waals surface area contributed by atoms with E-state index >= 15 is 0 Å². The quantitative estimate of drug-likeness (QED) is 0.395. The van der Waals surface area contributed by atoms with Crippen molar-refractivity contribution in [1.29, 1.82) is 0 Å². The number of nitrogens with one attached hydrogen (secondary N) is 1. The summed E-state index contributed by atoms with van der Waals surface area (Å²) >= 11 is 0. The van der Waals surface area contributed by atoms with Gasteiger partial charge in [0.25, 0.3) is 0 Å². The smallest absolute Gasteiger partial charge is 0.387 e. The van der Waals surface area contributed by atoms with Gasteiger partial charge in [0.2, 0.25) is 11.8 Å². The van der Waals surface area contributed by atoms with Crippen molar-refractivity contribution >= 4 is 17.1 Å². The Hall–Kier alpha value is -3.13. The third kappa shape index (κ3) is 5.05. The van der Waals surface area contributed by atoms with Crippen LogP contribution in [0.2, 0.25) is 0 Å². The molecule has 1 aromatic carbocycles. The van der Waals surface area contributed by atoms with E-state index in [1.807, 2.05) is 0 Å². The van der Waals surface area contributed by atoms with Gasteiger partial charge in [-0.15, -0.1) is 0 Å². The number of aliphatic hydroxyl groups excluding tert-OH is 2. The summed E-state index contributed by atoms with van der Waals surface area (Å²) in [6, 6.07) is 6.07. The summed E-state index contributed by atoms with van der Waals surface area (Å²) in [5.74, 6) is 0.934. The Morgan fingerprint density at radius 3 is 2.67 bits per heavy atom. The maximum Gasteiger partial charge on any atom is 0.387 e. The van der Waals surface area contributed by atoms with E-state index in [4.69, 9.17) is 14.2 Å². The van der Waals surface area contributed by atoms with Crippen LogP contribution in [0, 0.1) is 5.92 Å². The van der Waals surface area contributed by atoms with E-state index in [1.54, 1.807) is 23.6 Å². The van der Waals surface area contributed by atoms with Gasteiger partial charge in [0.15, 0.2) is 17.4 Å². The molecule has 0 saturated carbocycles. The zero-order valence-electron chi connectivity index (χ0n) is 19.5. The Morgan fingerprint density at radius 2 is 2.00 bits per heavy atom. The molecule has 3 aromatic rings. The molecule has 13 heteroatoms. The van der Waals surface area contributed by atoms with Crippen LogP contribution in [0.3, 0.4) is 0 Å². The maximum absolute atomic E-state index is 12.4. The molecule has 2 aliphatic heterocycles. The van der Waals surface area contributed by atoms with E-state index < -0.39 is 31.2 Å². The number of benzene rings is 1. The molecule has 2 fully saturated rings. The maximum atomic E-state index is 12.4. The fourth-order valence-corrected chi connectivity index (χ4v) is 4.30. The van der Waals surface area contributed by atoms with E-state index in [1.165, 1.54) is 18.5 Å². The highest BCUT2D eigenvalue weighted by Crippen LogP contribution is 2.36. The van der Waals surface area contributed by atoms with Gasteiger partial charge in [0.05, 0.1) is 12.7 Å². The first-order chi connectivity index (χ1) is 17.4. The summed E-state index contributed by atoms with van der Waals surface area (Å²) < 4.78 is 47.9. The molecular formula is C23H27F2N5O6. The van der Waals surface area contributed by atoms with Gasteiger partial charge in [0, 0.05) is 19.1 Å². The SMILES string of the molecule is C[C@H]1O[C@@H](n2c(NCC3CCOC3)nc3c(OCc4ccc(OC(F)F)cc4)ncnc32)[C@H](O)[C@@H]1O. The normalized spacial score (nSPS) is 26.1. The summed E-state index contributed by atoms with van der Waals surface area (Å²) in [7, 11) is 0. The Morgan fingerprint density at radius 1 is 1.19 bits per heavy atom. The van der Waals surface area contributed by atoms with Crippen LogP contribution < -0.4 is 14.8 Å². The number of ether oxygens (including phenoxy) is 4. The average molecular weight is 507 g/mol. The molecule has 5 atom stereocenters. The third-order valence-electron chi connectivity index (χ3n) is 6.27. The van der Waals surface area contributed by atoms with Crippen LogP contribution in [-0.4, -0.2) is 74.4 Å². The number of hydrogen-bond acceptors (Lipinski definition) is 10. The second kappa shape index (κ2) is 10.5. The first-order valence-corrected chi connectivity index (χ1v) is 11.6. The fraction of sp³-hybridized carbons (Fsp3) is 0.522. The minimum absolute atomic E-state index is 0.0480. The van der Waals surface area contributed by atoms with Crippen molar-refractivity contribution in [2.75, 3.05) is 25.1 Å². The molecule has 2 saturated heterocycles. The molecule has 11 nitrogen and oxygen atoms in total. The summed E-state index contributed by atoms with van der Waals surface area (Å²) in [6.07, 6.45) is -1.55. The van der Waals surface area contributed by atoms with Crippen molar-refractivity contribution in [3.8, 4) is 11.6 Å². The molecule has 1 unspecified atom stereocenters. The summed E-state index contributed by atoms with van der Waals surface area (Å²) in [5.41, 5.74) is 1.40. The second-order valence-corrected chi connectivity index (χ2v) is 8.79. The molecule has 0 bridgehead atoms. The molecule has 2 aliphatic rings. The van der Waals surface area contributed by atoms with E-state index in [-0.39, 0.29) is 18.2 Å². The van der Waals surface area contributed by atoms with Crippen molar-refractivity contribution in [3.05, 3.63) is 36.2 Å². The van der Waals surface area contributed by atoms with E-state index in [0.717, 1.165) is 6.42 Å². The zero-order chi connectivity index (χ0) is 25.2. The van der Waals surface area contributed by atoms with Crippen molar-refractivity contribution in [1.82, 2.24) is 19.5 Å². The molecule has 4 heterocycles. The van der Waals surface area contributed by atoms with Gasteiger partial charge in [-0.1, -0.05) is 12.1 Å². The minimum Gasteiger partial charge on any atom is -0.471 e. The monoisotopic (exact) mass is 507 g/mol. The molecule has 5 rings (SSSR count). The van der Waals surface area contributed by atoms with Crippen LogP contribution in [0.5, 0.6) is 11.6 Å². The van der Waals surface area contributed by atoms with Crippen molar-refractivity contribution < 1.29 is 37.9 Å². The predicted octanol–water partition coefficient (Wildman–Crippen LogP) is 2.09. The average Bonchev–Trinajstić information content (AvgIpc) is 3.57. The summed E-state index contributed by atoms with van der Waals surface area (Å²) in [5, 5.41) is 24.2. The summed E-state index contributed by atoms with van der Waals surface area (Å²) in [4.78, 5) is 13.2. The number of alkyl halides is 2. The molecule has 0 spiro atoms. The van der Waals surface area contributed by atoms with Crippen LogP contribution in [0.25, 0.3) is 11.2 Å². The standard InChI is InChI=1S/C23H27F2N5O6/c1-12-17(31)18(32)21(35-12)30-19-16(29-23(30)26-8-14-6-7-33-9-14)20(28-11-27-19)34-10-13-2-4-15(5-3-13)36-22(24)25/h2-5,11-12,14,17-18,21-22,31-32H,6-10H2,1H3,(H,26,29)/t12-,14?,17-,18-,21-/m1/s1. The van der Waals surface area contributed by atoms with Gasteiger partial charge in [-0.2, -0.15) is 13.8 Å². The summed E-state index contributed by atoms with van der Waals surface area (Å²) in [6.45, 7) is 0.801. The molecule has 0 aliphatic carbocycles. The molecule has 3 N–H and O–H groups in total. The third-order valence-corrected chi connectivity index (χ3v) is 6.27. The lowest BCUT2D eigenvalue weighted by molar-refractivity contribution is -0.0498. The predicted molar refractivity (Wildman–Crippen MR) is 122 cm³/mol. The topological polar surface area (TPSA) is 133 Å². The lowest BCUT2D eigenvalue weighted by atomic mass is 10.1. The van der Waals surface area contributed by atoms with Crippen LogP contribution in [0.1, 0.15) is 25.1 Å². The minimum atomic E-state index is -2.90. The number of fused-ring (bicyclic) bond motifs is 1. The number of nitrogens with zero attached hydrogens (tertiary/aromatic N) is 4.